The number of likely N-dealkylation sites (tertiary alicyclic amines) is 1. The minimum atomic E-state index is -1.22. The SMILES string of the molecule is CC(C)(C)OC(=O)N1CCC2(Cc3cccnc3C2)C(N[S+]([O-])C(C)(C)C)C1. The van der Waals surface area contributed by atoms with Gasteiger partial charge in [-0.1, -0.05) is 6.07 Å². The van der Waals surface area contributed by atoms with Gasteiger partial charge in [-0.3, -0.25) is 4.98 Å². The van der Waals surface area contributed by atoms with Gasteiger partial charge in [0.2, 0.25) is 0 Å². The van der Waals surface area contributed by atoms with E-state index in [1.807, 2.05) is 53.8 Å². The highest BCUT2D eigenvalue weighted by molar-refractivity contribution is 7.90. The van der Waals surface area contributed by atoms with Crippen LogP contribution >= 0.6 is 0 Å². The summed E-state index contributed by atoms with van der Waals surface area (Å²) in [4.78, 5) is 19.0. The Morgan fingerprint density at radius 2 is 2.04 bits per heavy atom. The number of hydrogen-bond acceptors (Lipinski definition) is 5. The Kier molecular flexibility index (Phi) is 5.73. The first-order valence-corrected chi connectivity index (χ1v) is 11.1. The maximum Gasteiger partial charge on any atom is 0.410 e. The Hall–Kier alpha value is -1.31. The van der Waals surface area contributed by atoms with Crippen LogP contribution in [0.5, 0.6) is 0 Å². The number of pyridine rings is 1. The molecule has 2 aliphatic rings. The summed E-state index contributed by atoms with van der Waals surface area (Å²) in [5.41, 5.74) is 1.79. The maximum absolute atomic E-state index is 12.9. The van der Waals surface area contributed by atoms with Crippen molar-refractivity contribution in [2.45, 2.75) is 77.2 Å². The van der Waals surface area contributed by atoms with Crippen LogP contribution in [-0.4, -0.2) is 50.0 Å². The summed E-state index contributed by atoms with van der Waals surface area (Å²) >= 11 is -1.22. The lowest BCUT2D eigenvalue weighted by Crippen LogP contribution is -2.62. The second kappa shape index (κ2) is 7.50. The van der Waals surface area contributed by atoms with E-state index >= 15 is 0 Å². The third kappa shape index (κ3) is 4.63. The van der Waals surface area contributed by atoms with Crippen molar-refractivity contribution in [3.63, 3.8) is 0 Å². The smallest absolute Gasteiger partial charge is 0.410 e. The molecule has 1 fully saturated rings. The molecule has 7 heteroatoms. The third-order valence-corrected chi connectivity index (χ3v) is 7.14. The van der Waals surface area contributed by atoms with Crippen LogP contribution in [0.1, 0.15) is 59.2 Å². The first-order valence-electron chi connectivity index (χ1n) is 9.98. The van der Waals surface area contributed by atoms with E-state index in [1.54, 1.807) is 4.90 Å². The average Bonchev–Trinajstić information content (AvgIpc) is 2.93. The molecule has 1 spiro atoms. The predicted molar refractivity (Wildman–Crippen MR) is 111 cm³/mol. The van der Waals surface area contributed by atoms with Gasteiger partial charge in [-0.25, -0.2) is 4.79 Å². The molecule has 1 aromatic heterocycles. The molecule has 1 aliphatic carbocycles. The molecule has 1 amide bonds. The van der Waals surface area contributed by atoms with Gasteiger partial charge >= 0.3 is 6.09 Å². The van der Waals surface area contributed by atoms with E-state index in [0.717, 1.165) is 25.0 Å². The van der Waals surface area contributed by atoms with Crippen LogP contribution in [0, 0.1) is 5.41 Å². The molecule has 2 heterocycles. The summed E-state index contributed by atoms with van der Waals surface area (Å²) in [7, 11) is 0. The summed E-state index contributed by atoms with van der Waals surface area (Å²) in [5.74, 6) is 0. The molecule has 6 nitrogen and oxygen atoms in total. The number of carbonyl (C=O) groups excluding carboxylic acids is 1. The highest BCUT2D eigenvalue weighted by atomic mass is 32.2. The van der Waals surface area contributed by atoms with Gasteiger partial charge < -0.3 is 14.2 Å². The summed E-state index contributed by atoms with van der Waals surface area (Å²) in [6, 6.07) is 4.03. The molecule has 0 radical (unpaired) electrons. The lowest BCUT2D eigenvalue weighted by atomic mass is 9.72. The topological polar surface area (TPSA) is 77.5 Å². The normalized spacial score (nSPS) is 26.2. The Labute approximate surface area is 171 Å². The van der Waals surface area contributed by atoms with Gasteiger partial charge in [-0.15, -0.1) is 4.72 Å². The Morgan fingerprint density at radius 1 is 1.32 bits per heavy atom. The zero-order valence-electron chi connectivity index (χ0n) is 17.9. The first-order chi connectivity index (χ1) is 12.9. The second-order valence-corrected chi connectivity index (χ2v) is 12.1. The number of hydrogen-bond donors (Lipinski definition) is 1. The minimum Gasteiger partial charge on any atom is -0.598 e. The van der Waals surface area contributed by atoms with Crippen LogP contribution < -0.4 is 4.72 Å². The van der Waals surface area contributed by atoms with Crippen molar-refractivity contribution in [1.29, 1.82) is 0 Å². The summed E-state index contributed by atoms with van der Waals surface area (Å²) in [5, 5.41) is 0. The van der Waals surface area contributed by atoms with Gasteiger partial charge in [0.25, 0.3) is 0 Å². The molecular formula is C21H33N3O3S. The van der Waals surface area contributed by atoms with E-state index in [9.17, 15) is 9.35 Å². The number of rotatable bonds is 2. The van der Waals surface area contributed by atoms with Gasteiger partial charge in [0.15, 0.2) is 0 Å². The van der Waals surface area contributed by atoms with Crippen LogP contribution in [0.4, 0.5) is 4.79 Å². The predicted octanol–water partition coefficient (Wildman–Crippen LogP) is 3.23. The van der Waals surface area contributed by atoms with E-state index in [2.05, 4.69) is 15.8 Å². The fourth-order valence-electron chi connectivity index (χ4n) is 3.99. The highest BCUT2D eigenvalue weighted by Gasteiger charge is 2.51. The van der Waals surface area contributed by atoms with Crippen molar-refractivity contribution in [3.8, 4) is 0 Å². The summed E-state index contributed by atoms with van der Waals surface area (Å²) in [6.07, 6.45) is 4.12. The average molecular weight is 408 g/mol. The maximum atomic E-state index is 12.9. The second-order valence-electron chi connectivity index (χ2n) is 10.1. The van der Waals surface area contributed by atoms with Gasteiger partial charge in [0.1, 0.15) is 10.3 Å². The van der Waals surface area contributed by atoms with Crippen molar-refractivity contribution in [1.82, 2.24) is 14.6 Å². The third-order valence-electron chi connectivity index (χ3n) is 5.53. The van der Waals surface area contributed by atoms with E-state index in [0.29, 0.717) is 13.1 Å². The van der Waals surface area contributed by atoms with Gasteiger partial charge in [0, 0.05) is 41.8 Å². The van der Waals surface area contributed by atoms with Crippen LogP contribution in [0.2, 0.25) is 0 Å². The number of nitrogens with zero attached hydrogens (tertiary/aromatic N) is 2. The number of amides is 1. The van der Waals surface area contributed by atoms with Crippen molar-refractivity contribution in [3.05, 3.63) is 29.6 Å². The number of fused-ring (bicyclic) bond motifs is 1. The quantitative estimate of drug-likeness (QED) is 0.762. The molecule has 28 heavy (non-hydrogen) atoms. The van der Waals surface area contributed by atoms with Gasteiger partial charge in [-0.2, -0.15) is 0 Å². The Morgan fingerprint density at radius 3 is 2.64 bits per heavy atom. The van der Waals surface area contributed by atoms with E-state index in [1.165, 1.54) is 5.56 Å². The molecule has 1 N–H and O–H groups in total. The monoisotopic (exact) mass is 407 g/mol. The van der Waals surface area contributed by atoms with Gasteiger partial charge in [-0.05, 0) is 72.4 Å². The molecule has 156 valence electrons. The summed E-state index contributed by atoms with van der Waals surface area (Å²) < 4.78 is 21.5. The van der Waals surface area contributed by atoms with Crippen LogP contribution in [0.15, 0.2) is 18.3 Å². The van der Waals surface area contributed by atoms with E-state index in [4.69, 9.17) is 4.74 Å². The number of aromatic nitrogens is 1. The van der Waals surface area contributed by atoms with Crippen molar-refractivity contribution >= 4 is 17.5 Å². The molecule has 3 rings (SSSR count). The van der Waals surface area contributed by atoms with Crippen LogP contribution in [0.25, 0.3) is 0 Å². The minimum absolute atomic E-state index is 0.0733. The molecule has 0 aromatic carbocycles. The zero-order chi connectivity index (χ0) is 20.7. The molecule has 0 saturated carbocycles. The molecular weight excluding hydrogens is 374 g/mol. The molecule has 3 unspecified atom stereocenters. The van der Waals surface area contributed by atoms with Crippen molar-refractivity contribution in [2.75, 3.05) is 13.1 Å². The fourth-order valence-corrected chi connectivity index (χ4v) is 4.92. The van der Waals surface area contributed by atoms with Crippen molar-refractivity contribution < 1.29 is 14.1 Å². The standard InChI is InChI=1S/C21H33N3O3S/c1-19(2,3)27-18(25)24-11-9-21(12-15-8-7-10-22-16(15)13-21)17(14-24)23-28(26)20(4,5)6/h7-8,10,17,23H,9,11-14H2,1-6H3. The Balaban J connectivity index is 1.82. The summed E-state index contributed by atoms with van der Waals surface area (Å²) in [6.45, 7) is 12.6. The van der Waals surface area contributed by atoms with Crippen molar-refractivity contribution in [2.24, 2.45) is 5.41 Å². The first kappa shape index (κ1) is 21.4. The van der Waals surface area contributed by atoms with E-state index in [-0.39, 0.29) is 22.3 Å². The van der Waals surface area contributed by atoms with E-state index < -0.39 is 17.0 Å². The largest absolute Gasteiger partial charge is 0.598 e. The molecule has 1 saturated heterocycles. The molecule has 1 aromatic rings. The number of carbonyl (C=O) groups is 1. The Bertz CT molecular complexity index is 701. The van der Waals surface area contributed by atoms with Gasteiger partial charge in [0.05, 0.1) is 6.04 Å². The molecule has 1 aliphatic heterocycles. The zero-order valence-corrected chi connectivity index (χ0v) is 18.7. The number of nitrogens with one attached hydrogen (secondary N) is 1. The van der Waals surface area contributed by atoms with Crippen LogP contribution in [-0.2, 0) is 28.9 Å². The lowest BCUT2D eigenvalue weighted by Gasteiger charge is -2.46. The highest BCUT2D eigenvalue weighted by Crippen LogP contribution is 2.44. The molecule has 3 atom stereocenters. The lowest BCUT2D eigenvalue weighted by molar-refractivity contribution is 0.00416. The molecule has 0 bridgehead atoms. The number of piperidine rings is 1. The fraction of sp³-hybridized carbons (Fsp3) is 0.714. The number of ether oxygens (including phenoxy) is 1. The van der Waals surface area contributed by atoms with Crippen LogP contribution in [0.3, 0.4) is 0 Å².